The zero-order valence-electron chi connectivity index (χ0n) is 13.5. The molecular formula is C17H19FN6. The van der Waals surface area contributed by atoms with Crippen LogP contribution in [0, 0.1) is 5.82 Å². The predicted octanol–water partition coefficient (Wildman–Crippen LogP) is 2.24. The van der Waals surface area contributed by atoms with E-state index in [1.54, 1.807) is 17.3 Å². The molecule has 1 aliphatic heterocycles. The van der Waals surface area contributed by atoms with Crippen molar-refractivity contribution in [2.45, 2.75) is 32.6 Å². The Balaban J connectivity index is 1.51. The number of halogens is 1. The van der Waals surface area contributed by atoms with Crippen LogP contribution in [-0.2, 0) is 19.6 Å². The van der Waals surface area contributed by atoms with E-state index in [1.165, 1.54) is 12.1 Å². The number of aromatic nitrogens is 5. The number of imidazole rings is 1. The number of benzene rings is 1. The Morgan fingerprint density at radius 1 is 1.17 bits per heavy atom. The third-order valence-corrected chi connectivity index (χ3v) is 4.59. The summed E-state index contributed by atoms with van der Waals surface area (Å²) in [5.41, 5.74) is 2.26. The highest BCUT2D eigenvalue weighted by molar-refractivity contribution is 5.17. The Hall–Kier alpha value is -2.54. The normalized spacial score (nSPS) is 17.8. The van der Waals surface area contributed by atoms with Gasteiger partial charge in [-0.3, -0.25) is 4.90 Å². The van der Waals surface area contributed by atoms with E-state index in [-0.39, 0.29) is 11.9 Å². The molecule has 0 bridgehead atoms. The lowest BCUT2D eigenvalue weighted by atomic mass is 10.1. The van der Waals surface area contributed by atoms with Crippen molar-refractivity contribution < 1.29 is 4.39 Å². The first-order chi connectivity index (χ1) is 11.7. The van der Waals surface area contributed by atoms with Crippen LogP contribution >= 0.6 is 0 Å². The van der Waals surface area contributed by atoms with Gasteiger partial charge in [-0.2, -0.15) is 5.10 Å². The van der Waals surface area contributed by atoms with E-state index in [0.717, 1.165) is 36.7 Å². The topological polar surface area (TPSA) is 51.8 Å². The molecular weight excluding hydrogens is 307 g/mol. The molecule has 3 aromatic rings. The monoisotopic (exact) mass is 326 g/mol. The summed E-state index contributed by atoms with van der Waals surface area (Å²) >= 11 is 0. The summed E-state index contributed by atoms with van der Waals surface area (Å²) in [6.07, 6.45) is 5.18. The zero-order valence-corrected chi connectivity index (χ0v) is 13.5. The van der Waals surface area contributed by atoms with Gasteiger partial charge in [-0.15, -0.1) is 0 Å². The van der Waals surface area contributed by atoms with Crippen LogP contribution in [0.3, 0.4) is 0 Å². The molecule has 0 spiro atoms. The third-order valence-electron chi connectivity index (χ3n) is 4.59. The molecule has 0 saturated heterocycles. The molecule has 7 heteroatoms. The Labute approximate surface area is 139 Å². The van der Waals surface area contributed by atoms with Crippen LogP contribution in [0.25, 0.3) is 0 Å². The van der Waals surface area contributed by atoms with Crippen LogP contribution in [-0.4, -0.2) is 35.8 Å². The molecule has 1 atom stereocenters. The van der Waals surface area contributed by atoms with E-state index in [0.29, 0.717) is 6.54 Å². The Bertz CT molecular complexity index is 808. The lowest BCUT2D eigenvalue weighted by Gasteiger charge is -2.34. The summed E-state index contributed by atoms with van der Waals surface area (Å²) < 4.78 is 17.1. The van der Waals surface area contributed by atoms with Crippen molar-refractivity contribution >= 4 is 0 Å². The van der Waals surface area contributed by atoms with Crippen LogP contribution in [0.5, 0.6) is 0 Å². The second-order valence-corrected chi connectivity index (χ2v) is 6.13. The van der Waals surface area contributed by atoms with Gasteiger partial charge in [-0.05, 0) is 24.6 Å². The number of rotatable bonds is 4. The highest BCUT2D eigenvalue weighted by Crippen LogP contribution is 2.27. The van der Waals surface area contributed by atoms with Crippen LogP contribution in [0.2, 0.25) is 0 Å². The van der Waals surface area contributed by atoms with Crippen molar-refractivity contribution in [3.8, 4) is 0 Å². The summed E-state index contributed by atoms with van der Waals surface area (Å²) in [5.74, 6) is 0.872. The van der Waals surface area contributed by atoms with Gasteiger partial charge in [0.05, 0.1) is 24.5 Å². The van der Waals surface area contributed by atoms with E-state index < -0.39 is 0 Å². The first-order valence-corrected chi connectivity index (χ1v) is 8.06. The van der Waals surface area contributed by atoms with E-state index in [9.17, 15) is 4.39 Å². The van der Waals surface area contributed by atoms with Crippen LogP contribution < -0.4 is 0 Å². The Morgan fingerprint density at radius 3 is 2.75 bits per heavy atom. The maximum atomic E-state index is 13.1. The maximum absolute atomic E-state index is 13.1. The second-order valence-electron chi connectivity index (χ2n) is 6.13. The van der Waals surface area contributed by atoms with Crippen LogP contribution in [0.4, 0.5) is 4.39 Å². The molecule has 24 heavy (non-hydrogen) atoms. The van der Waals surface area contributed by atoms with Crippen LogP contribution in [0.15, 0.2) is 43.1 Å². The largest absolute Gasteiger partial charge is 0.328 e. The van der Waals surface area contributed by atoms with Crippen molar-refractivity contribution in [3.63, 3.8) is 0 Å². The highest BCUT2D eigenvalue weighted by Gasteiger charge is 2.27. The molecule has 2 aromatic heterocycles. The molecule has 124 valence electrons. The fourth-order valence-corrected chi connectivity index (χ4v) is 3.25. The SMILES string of the molecule is C[C@@H]1c2ncc(Cn3cncn3)n2CCN1Cc1ccc(F)cc1. The Morgan fingerprint density at radius 2 is 2.00 bits per heavy atom. The smallest absolute Gasteiger partial charge is 0.137 e. The molecule has 0 radical (unpaired) electrons. The molecule has 4 rings (SSSR count). The molecule has 3 heterocycles. The van der Waals surface area contributed by atoms with Gasteiger partial charge in [0.15, 0.2) is 0 Å². The van der Waals surface area contributed by atoms with Crippen molar-refractivity contribution in [3.05, 3.63) is 66.0 Å². The number of hydrogen-bond donors (Lipinski definition) is 0. The lowest BCUT2D eigenvalue weighted by Crippen LogP contribution is -2.37. The quantitative estimate of drug-likeness (QED) is 0.738. The van der Waals surface area contributed by atoms with Gasteiger partial charge < -0.3 is 4.57 Å². The van der Waals surface area contributed by atoms with E-state index in [4.69, 9.17) is 0 Å². The van der Waals surface area contributed by atoms with E-state index in [1.807, 2.05) is 18.3 Å². The summed E-state index contributed by atoms with van der Waals surface area (Å²) in [7, 11) is 0. The lowest BCUT2D eigenvalue weighted by molar-refractivity contribution is 0.155. The van der Waals surface area contributed by atoms with Gasteiger partial charge in [0.25, 0.3) is 0 Å². The molecule has 1 aromatic carbocycles. The standard InChI is InChI=1S/C17H19FN6/c1-13-17-20-8-16(10-23-12-19-11-21-23)24(17)7-6-22(13)9-14-2-4-15(18)5-3-14/h2-5,8,11-13H,6-7,9-10H2,1H3/t13-/m1/s1. The van der Waals surface area contributed by atoms with Crippen LogP contribution in [0.1, 0.15) is 30.0 Å². The van der Waals surface area contributed by atoms with Gasteiger partial charge >= 0.3 is 0 Å². The first-order valence-electron chi connectivity index (χ1n) is 8.06. The third kappa shape index (κ3) is 2.82. The summed E-state index contributed by atoms with van der Waals surface area (Å²) in [4.78, 5) is 11.0. The molecule has 0 N–H and O–H groups in total. The second kappa shape index (κ2) is 6.16. The van der Waals surface area contributed by atoms with E-state index in [2.05, 4.69) is 31.5 Å². The van der Waals surface area contributed by atoms with Gasteiger partial charge in [-0.1, -0.05) is 12.1 Å². The molecule has 0 unspecified atom stereocenters. The summed E-state index contributed by atoms with van der Waals surface area (Å²) in [5, 5.41) is 4.16. The van der Waals surface area contributed by atoms with Crippen molar-refractivity contribution in [1.29, 1.82) is 0 Å². The van der Waals surface area contributed by atoms with Crippen molar-refractivity contribution in [2.75, 3.05) is 6.54 Å². The molecule has 0 aliphatic carbocycles. The minimum atomic E-state index is -0.196. The van der Waals surface area contributed by atoms with Crippen molar-refractivity contribution in [1.82, 2.24) is 29.2 Å². The molecule has 0 saturated carbocycles. The van der Waals surface area contributed by atoms with E-state index >= 15 is 0 Å². The van der Waals surface area contributed by atoms with Gasteiger partial charge in [-0.25, -0.2) is 19.0 Å². The number of fused-ring (bicyclic) bond motifs is 1. The fourth-order valence-electron chi connectivity index (χ4n) is 3.25. The molecule has 1 aliphatic rings. The highest BCUT2D eigenvalue weighted by atomic mass is 19.1. The van der Waals surface area contributed by atoms with Gasteiger partial charge in [0.1, 0.15) is 24.3 Å². The average molecular weight is 326 g/mol. The first kappa shape index (κ1) is 15.0. The predicted molar refractivity (Wildman–Crippen MR) is 86.6 cm³/mol. The average Bonchev–Trinajstić information content (AvgIpc) is 3.23. The zero-order chi connectivity index (χ0) is 16.5. The Kier molecular flexibility index (Phi) is 3.86. The minimum absolute atomic E-state index is 0.196. The molecule has 0 amide bonds. The van der Waals surface area contributed by atoms with Crippen molar-refractivity contribution in [2.24, 2.45) is 0 Å². The molecule has 6 nitrogen and oxygen atoms in total. The summed E-state index contributed by atoms with van der Waals surface area (Å²) in [6, 6.07) is 6.94. The number of nitrogens with zero attached hydrogens (tertiary/aromatic N) is 6. The fraction of sp³-hybridized carbons (Fsp3) is 0.353. The minimum Gasteiger partial charge on any atom is -0.328 e. The van der Waals surface area contributed by atoms with Gasteiger partial charge in [0, 0.05) is 19.6 Å². The number of hydrogen-bond acceptors (Lipinski definition) is 4. The molecule has 0 fully saturated rings. The van der Waals surface area contributed by atoms with Gasteiger partial charge in [0.2, 0.25) is 0 Å². The maximum Gasteiger partial charge on any atom is 0.137 e. The summed E-state index contributed by atoms with van der Waals surface area (Å²) in [6.45, 7) is 5.47.